The quantitative estimate of drug-likeness (QED) is 0.743. The van der Waals surface area contributed by atoms with Crippen molar-refractivity contribution in [2.24, 2.45) is 10.7 Å². The minimum absolute atomic E-state index is 0.0271. The number of nitrogens with two attached hydrogens (primary N) is 1. The van der Waals surface area contributed by atoms with Crippen molar-refractivity contribution >= 4 is 11.9 Å². The van der Waals surface area contributed by atoms with E-state index in [0.29, 0.717) is 17.5 Å². The summed E-state index contributed by atoms with van der Waals surface area (Å²) in [6.07, 6.45) is 0.342. The zero-order valence-corrected chi connectivity index (χ0v) is 15.8. The van der Waals surface area contributed by atoms with E-state index in [2.05, 4.69) is 9.73 Å². The van der Waals surface area contributed by atoms with Crippen LogP contribution < -0.4 is 10.5 Å². The summed E-state index contributed by atoms with van der Waals surface area (Å²) in [5, 5.41) is 0. The average Bonchev–Trinajstić information content (AvgIpc) is 2.93. The third-order valence-electron chi connectivity index (χ3n) is 4.92. The fourth-order valence-electron chi connectivity index (χ4n) is 3.38. The predicted octanol–water partition coefficient (Wildman–Crippen LogP) is 3.49. The van der Waals surface area contributed by atoms with Gasteiger partial charge < -0.3 is 10.5 Å². The summed E-state index contributed by atoms with van der Waals surface area (Å²) < 4.78 is 57.0. The molecule has 1 unspecified atom stereocenters. The monoisotopic (exact) mass is 409 g/mol. The first kappa shape index (κ1) is 20.6. The molecule has 2 N–H and O–H groups in total. The number of carbonyl (C=O) groups excluding carboxylic acids is 1. The molecule has 3 rings (SSSR count). The van der Waals surface area contributed by atoms with Crippen LogP contribution in [0, 0.1) is 5.82 Å². The van der Waals surface area contributed by atoms with E-state index >= 15 is 0 Å². The van der Waals surface area contributed by atoms with Crippen LogP contribution in [-0.2, 0) is 23.4 Å². The van der Waals surface area contributed by atoms with Crippen molar-refractivity contribution in [3.63, 3.8) is 0 Å². The predicted molar refractivity (Wildman–Crippen MR) is 98.8 cm³/mol. The maximum atomic E-state index is 13.8. The molecule has 0 fully saturated rings. The number of benzene rings is 2. The number of amides is 1. The van der Waals surface area contributed by atoms with E-state index in [1.807, 2.05) is 0 Å². The number of hydrogen-bond donors (Lipinski definition) is 1. The van der Waals surface area contributed by atoms with Gasteiger partial charge in [-0.05, 0) is 47.4 Å². The Labute approximate surface area is 164 Å². The zero-order chi connectivity index (χ0) is 21.3. The molecule has 0 spiro atoms. The van der Waals surface area contributed by atoms with Crippen LogP contribution in [0.5, 0.6) is 5.75 Å². The first-order valence-corrected chi connectivity index (χ1v) is 8.81. The molecule has 0 radical (unpaired) electrons. The van der Waals surface area contributed by atoms with Gasteiger partial charge in [0.2, 0.25) is 0 Å². The third-order valence-corrected chi connectivity index (χ3v) is 4.92. The summed E-state index contributed by atoms with van der Waals surface area (Å²) in [5.74, 6) is -1.39. The van der Waals surface area contributed by atoms with Crippen LogP contribution in [0.25, 0.3) is 0 Å². The van der Waals surface area contributed by atoms with Gasteiger partial charge in [0.05, 0.1) is 0 Å². The van der Waals surface area contributed by atoms with Crippen molar-refractivity contribution in [2.75, 3.05) is 7.05 Å². The molecular formula is C20H19F4N3O2. The summed E-state index contributed by atoms with van der Waals surface area (Å²) in [6, 6.07) is 7.86. The highest BCUT2D eigenvalue weighted by Gasteiger charge is 2.50. The summed E-state index contributed by atoms with van der Waals surface area (Å²) >= 11 is 0. The van der Waals surface area contributed by atoms with Crippen LogP contribution >= 0.6 is 0 Å². The van der Waals surface area contributed by atoms with E-state index in [0.717, 1.165) is 11.0 Å². The van der Waals surface area contributed by atoms with Gasteiger partial charge >= 0.3 is 6.61 Å². The maximum absolute atomic E-state index is 13.8. The Morgan fingerprint density at radius 3 is 2.31 bits per heavy atom. The van der Waals surface area contributed by atoms with Gasteiger partial charge in [-0.25, -0.2) is 13.8 Å². The highest BCUT2D eigenvalue weighted by Crippen LogP contribution is 2.41. The number of alkyl halides is 3. The van der Waals surface area contributed by atoms with Gasteiger partial charge in [-0.1, -0.05) is 19.1 Å². The van der Waals surface area contributed by atoms with Gasteiger partial charge in [0.15, 0.2) is 11.5 Å². The molecule has 2 aromatic carbocycles. The number of likely N-dealkylation sites (N-methyl/N-ethyl adjacent to an activating group) is 1. The maximum Gasteiger partial charge on any atom is 0.387 e. The minimum Gasteiger partial charge on any atom is -0.435 e. The molecule has 0 aliphatic carbocycles. The molecule has 0 saturated carbocycles. The van der Waals surface area contributed by atoms with Crippen LogP contribution in [-0.4, -0.2) is 30.4 Å². The molecule has 1 aliphatic heterocycles. The Morgan fingerprint density at radius 2 is 1.79 bits per heavy atom. The summed E-state index contributed by atoms with van der Waals surface area (Å²) in [5.41, 5.74) is 4.91. The van der Waals surface area contributed by atoms with Gasteiger partial charge in [-0.3, -0.25) is 9.69 Å². The zero-order valence-electron chi connectivity index (χ0n) is 15.8. The summed E-state index contributed by atoms with van der Waals surface area (Å²) in [4.78, 5) is 18.6. The molecule has 29 heavy (non-hydrogen) atoms. The lowest BCUT2D eigenvalue weighted by Crippen LogP contribution is -2.41. The Hall–Kier alpha value is -3.10. The van der Waals surface area contributed by atoms with Crippen molar-refractivity contribution in [2.45, 2.75) is 32.2 Å². The summed E-state index contributed by atoms with van der Waals surface area (Å²) in [6.45, 7) is -2.33. The molecule has 0 bridgehead atoms. The number of guanidine groups is 1. The van der Waals surface area contributed by atoms with Crippen LogP contribution in [0.4, 0.5) is 17.6 Å². The first-order chi connectivity index (χ1) is 13.7. The molecule has 1 heterocycles. The Morgan fingerprint density at radius 1 is 1.17 bits per heavy atom. The molecule has 0 aromatic heterocycles. The van der Waals surface area contributed by atoms with Gasteiger partial charge in [0, 0.05) is 12.6 Å². The van der Waals surface area contributed by atoms with Crippen LogP contribution in [0.2, 0.25) is 0 Å². The molecular weight excluding hydrogens is 390 g/mol. The fourth-order valence-corrected chi connectivity index (χ4v) is 3.38. The molecule has 1 atom stereocenters. The SMILES string of the molecule is CCc1cc(C2(c3ccc(F)c(CF)c3)N=C(N)N(C)C2=O)ccc1OC(F)F. The third kappa shape index (κ3) is 3.41. The van der Waals surface area contributed by atoms with E-state index in [1.165, 1.54) is 37.4 Å². The number of nitrogens with zero attached hydrogens (tertiary/aromatic N) is 2. The number of aliphatic imine (C=N–C) groups is 1. The Bertz CT molecular complexity index is 980. The second-order valence-corrected chi connectivity index (χ2v) is 6.54. The number of carbonyl (C=O) groups is 1. The lowest BCUT2D eigenvalue weighted by atomic mass is 9.81. The fraction of sp³-hybridized carbons (Fsp3) is 0.300. The standard InChI is InChI=1S/C20H19F4N3O2/c1-3-11-8-14(5-7-16(11)29-18(23)24)20(17(28)27(2)19(25)26-20)13-4-6-15(22)12(9-13)10-21/h4-9,18H,3,10H2,1-2H3,(H2,25,26). The minimum atomic E-state index is -3.00. The van der Waals surface area contributed by atoms with E-state index in [9.17, 15) is 22.4 Å². The van der Waals surface area contributed by atoms with Crippen molar-refractivity contribution in [1.29, 1.82) is 0 Å². The highest BCUT2D eigenvalue weighted by atomic mass is 19.3. The van der Waals surface area contributed by atoms with Crippen molar-refractivity contribution in [3.8, 4) is 5.75 Å². The smallest absolute Gasteiger partial charge is 0.387 e. The number of hydrogen-bond acceptors (Lipinski definition) is 4. The largest absolute Gasteiger partial charge is 0.435 e. The molecule has 9 heteroatoms. The van der Waals surface area contributed by atoms with Crippen LogP contribution in [0.3, 0.4) is 0 Å². The number of ether oxygens (including phenoxy) is 1. The second-order valence-electron chi connectivity index (χ2n) is 6.54. The lowest BCUT2D eigenvalue weighted by molar-refractivity contribution is -0.129. The highest BCUT2D eigenvalue weighted by molar-refractivity contribution is 6.09. The number of aryl methyl sites for hydroxylation is 1. The van der Waals surface area contributed by atoms with E-state index in [1.54, 1.807) is 6.92 Å². The Kier molecular flexibility index (Phi) is 5.50. The molecule has 154 valence electrons. The molecule has 1 aliphatic rings. The van der Waals surface area contributed by atoms with Crippen molar-refractivity contribution < 1.29 is 27.1 Å². The number of rotatable bonds is 6. The normalized spacial score (nSPS) is 19.1. The van der Waals surface area contributed by atoms with Gasteiger partial charge in [-0.2, -0.15) is 8.78 Å². The summed E-state index contributed by atoms with van der Waals surface area (Å²) in [7, 11) is 1.43. The van der Waals surface area contributed by atoms with Crippen molar-refractivity contribution in [3.05, 3.63) is 64.5 Å². The van der Waals surface area contributed by atoms with Crippen LogP contribution in [0.1, 0.15) is 29.2 Å². The van der Waals surface area contributed by atoms with Crippen LogP contribution in [0.15, 0.2) is 41.4 Å². The lowest BCUT2D eigenvalue weighted by Gasteiger charge is -2.27. The van der Waals surface area contributed by atoms with Gasteiger partial charge in [0.1, 0.15) is 18.2 Å². The second kappa shape index (κ2) is 7.73. The average molecular weight is 409 g/mol. The van der Waals surface area contributed by atoms with Crippen molar-refractivity contribution in [1.82, 2.24) is 4.90 Å². The van der Waals surface area contributed by atoms with E-state index < -0.39 is 30.5 Å². The number of halogens is 4. The van der Waals surface area contributed by atoms with E-state index in [-0.39, 0.29) is 22.8 Å². The molecule has 5 nitrogen and oxygen atoms in total. The van der Waals surface area contributed by atoms with Gasteiger partial charge in [0.25, 0.3) is 5.91 Å². The topological polar surface area (TPSA) is 67.9 Å². The molecule has 2 aromatic rings. The van der Waals surface area contributed by atoms with Gasteiger partial charge in [-0.15, -0.1) is 0 Å². The molecule has 1 amide bonds. The first-order valence-electron chi connectivity index (χ1n) is 8.81. The molecule has 0 saturated heterocycles. The van der Waals surface area contributed by atoms with E-state index in [4.69, 9.17) is 5.73 Å². The Balaban J connectivity index is 2.25.